The quantitative estimate of drug-likeness (QED) is 0.813. The Morgan fingerprint density at radius 1 is 1.29 bits per heavy atom. The Kier molecular flexibility index (Phi) is 5.19. The number of likely N-dealkylation sites (tertiary alicyclic amines) is 1. The van der Waals surface area contributed by atoms with Crippen molar-refractivity contribution < 1.29 is 0 Å². The summed E-state index contributed by atoms with van der Waals surface area (Å²) in [5.74, 6) is 0. The van der Waals surface area contributed by atoms with E-state index in [1.165, 1.54) is 61.0 Å². The Hall–Kier alpha value is -0.580. The van der Waals surface area contributed by atoms with E-state index in [0.717, 1.165) is 19.1 Å². The van der Waals surface area contributed by atoms with Gasteiger partial charge in [0.25, 0.3) is 0 Å². The fraction of sp³-hybridized carbons (Fsp3) is 0.647. The summed E-state index contributed by atoms with van der Waals surface area (Å²) in [6.07, 6.45) is 5.43. The molecule has 0 radical (unpaired) electrons. The van der Waals surface area contributed by atoms with Gasteiger partial charge in [0.2, 0.25) is 0 Å². The summed E-state index contributed by atoms with van der Waals surface area (Å²) in [7, 11) is 2.22. The van der Waals surface area contributed by atoms with Crippen molar-refractivity contribution in [3.05, 3.63) is 28.2 Å². The van der Waals surface area contributed by atoms with Crippen molar-refractivity contribution in [2.45, 2.75) is 38.3 Å². The van der Waals surface area contributed by atoms with Gasteiger partial charge in [-0.2, -0.15) is 0 Å². The zero-order chi connectivity index (χ0) is 14.7. The maximum Gasteiger partial charge on any atom is 0.0421 e. The lowest BCUT2D eigenvalue weighted by Crippen LogP contribution is -2.32. The monoisotopic (exact) mass is 351 g/mol. The molecule has 2 aliphatic rings. The number of hydrogen-bond acceptors (Lipinski definition) is 3. The Labute approximate surface area is 136 Å². The highest BCUT2D eigenvalue weighted by Gasteiger charge is 2.21. The fourth-order valence-corrected chi connectivity index (χ4v) is 3.35. The average molecular weight is 352 g/mol. The zero-order valence-corrected chi connectivity index (χ0v) is 14.5. The van der Waals surface area contributed by atoms with E-state index >= 15 is 0 Å². The molecule has 1 N–H and O–H groups in total. The van der Waals surface area contributed by atoms with Crippen LogP contribution >= 0.6 is 15.9 Å². The largest absolute Gasteiger partial charge is 0.373 e. The lowest BCUT2D eigenvalue weighted by atomic mass is 10.1. The Morgan fingerprint density at radius 3 is 2.76 bits per heavy atom. The lowest BCUT2D eigenvalue weighted by Gasteiger charge is -2.25. The van der Waals surface area contributed by atoms with Crippen molar-refractivity contribution in [3.8, 4) is 0 Å². The van der Waals surface area contributed by atoms with Crippen molar-refractivity contribution in [1.29, 1.82) is 0 Å². The third kappa shape index (κ3) is 4.44. The minimum Gasteiger partial charge on any atom is -0.373 e. The van der Waals surface area contributed by atoms with Gasteiger partial charge in [-0.25, -0.2) is 0 Å². The van der Waals surface area contributed by atoms with Crippen LogP contribution in [0.1, 0.15) is 31.2 Å². The molecular weight excluding hydrogens is 326 g/mol. The van der Waals surface area contributed by atoms with Crippen LogP contribution in [0.25, 0.3) is 0 Å². The first-order valence-electron chi connectivity index (χ1n) is 8.18. The van der Waals surface area contributed by atoms with E-state index in [9.17, 15) is 0 Å². The molecule has 0 spiro atoms. The second kappa shape index (κ2) is 7.12. The molecule has 1 aromatic carbocycles. The van der Waals surface area contributed by atoms with Crippen molar-refractivity contribution in [1.82, 2.24) is 10.2 Å². The standard InChI is InChI=1S/C17H26BrN3/c1-20(10-11-21-8-2-3-9-21)17-12-15(18)5-4-14(17)13-19-16-6-7-16/h4-5,12,16,19H,2-3,6-11,13H2,1H3. The molecule has 1 saturated carbocycles. The van der Waals surface area contributed by atoms with E-state index in [1.54, 1.807) is 0 Å². The predicted molar refractivity (Wildman–Crippen MR) is 92.9 cm³/mol. The highest BCUT2D eigenvalue weighted by molar-refractivity contribution is 9.10. The SMILES string of the molecule is CN(CCN1CCCC1)c1cc(Br)ccc1CNC1CC1. The van der Waals surface area contributed by atoms with E-state index < -0.39 is 0 Å². The van der Waals surface area contributed by atoms with Crippen LogP contribution in [0.15, 0.2) is 22.7 Å². The van der Waals surface area contributed by atoms with Crippen molar-refractivity contribution in [2.75, 3.05) is 38.1 Å². The summed E-state index contributed by atoms with van der Waals surface area (Å²) < 4.78 is 1.17. The Bertz CT molecular complexity index is 467. The molecule has 4 heteroatoms. The minimum absolute atomic E-state index is 0.761. The van der Waals surface area contributed by atoms with Crippen LogP contribution in [-0.4, -0.2) is 44.2 Å². The number of halogens is 1. The van der Waals surface area contributed by atoms with Gasteiger partial charge in [-0.05, 0) is 56.5 Å². The summed E-state index contributed by atoms with van der Waals surface area (Å²) in [5.41, 5.74) is 2.77. The molecule has 0 unspecified atom stereocenters. The summed E-state index contributed by atoms with van der Waals surface area (Å²) in [6, 6.07) is 7.42. The van der Waals surface area contributed by atoms with Crippen molar-refractivity contribution >= 4 is 21.6 Å². The van der Waals surface area contributed by atoms with Crippen LogP contribution in [0.2, 0.25) is 0 Å². The smallest absolute Gasteiger partial charge is 0.0421 e. The third-order valence-corrected chi connectivity index (χ3v) is 5.06. The average Bonchev–Trinajstić information content (AvgIpc) is 3.17. The molecule has 0 amide bonds. The summed E-state index contributed by atoms with van der Waals surface area (Å²) in [5, 5.41) is 3.63. The molecule has 21 heavy (non-hydrogen) atoms. The first-order chi connectivity index (χ1) is 10.2. The van der Waals surface area contributed by atoms with Crippen LogP contribution < -0.4 is 10.2 Å². The summed E-state index contributed by atoms with van der Waals surface area (Å²) in [6.45, 7) is 5.83. The van der Waals surface area contributed by atoms with Gasteiger partial charge < -0.3 is 15.1 Å². The molecule has 1 aliphatic carbocycles. The number of nitrogens with zero attached hydrogens (tertiary/aromatic N) is 2. The molecule has 1 heterocycles. The van der Waals surface area contributed by atoms with E-state index in [0.29, 0.717) is 0 Å². The topological polar surface area (TPSA) is 18.5 Å². The van der Waals surface area contributed by atoms with Gasteiger partial charge >= 0.3 is 0 Å². The molecule has 0 atom stereocenters. The number of benzene rings is 1. The minimum atomic E-state index is 0.761. The molecular formula is C17H26BrN3. The number of likely N-dealkylation sites (N-methyl/N-ethyl adjacent to an activating group) is 1. The maximum atomic E-state index is 3.63. The van der Waals surface area contributed by atoms with Gasteiger partial charge in [0.1, 0.15) is 0 Å². The molecule has 0 aromatic heterocycles. The summed E-state index contributed by atoms with van der Waals surface area (Å²) in [4.78, 5) is 4.99. The number of rotatable bonds is 7. The molecule has 3 nitrogen and oxygen atoms in total. The van der Waals surface area contributed by atoms with Gasteiger partial charge in [-0.3, -0.25) is 0 Å². The van der Waals surface area contributed by atoms with E-state index in [2.05, 4.69) is 56.3 Å². The van der Waals surface area contributed by atoms with E-state index in [-0.39, 0.29) is 0 Å². The normalized spacial score (nSPS) is 19.1. The van der Waals surface area contributed by atoms with Crippen LogP contribution in [0.3, 0.4) is 0 Å². The van der Waals surface area contributed by atoms with Crippen molar-refractivity contribution in [2.24, 2.45) is 0 Å². The van der Waals surface area contributed by atoms with Gasteiger partial charge in [0.05, 0.1) is 0 Å². The van der Waals surface area contributed by atoms with Crippen LogP contribution in [0.5, 0.6) is 0 Å². The Morgan fingerprint density at radius 2 is 2.05 bits per heavy atom. The fourth-order valence-electron chi connectivity index (χ4n) is 3.00. The first-order valence-corrected chi connectivity index (χ1v) is 8.97. The van der Waals surface area contributed by atoms with Crippen LogP contribution in [0.4, 0.5) is 5.69 Å². The molecule has 3 rings (SSSR count). The third-order valence-electron chi connectivity index (χ3n) is 4.57. The second-order valence-corrected chi connectivity index (χ2v) is 7.31. The molecule has 2 fully saturated rings. The van der Waals surface area contributed by atoms with Gasteiger partial charge in [0, 0.05) is 42.9 Å². The van der Waals surface area contributed by atoms with Crippen molar-refractivity contribution in [3.63, 3.8) is 0 Å². The predicted octanol–water partition coefficient (Wildman–Crippen LogP) is 3.23. The highest BCUT2D eigenvalue weighted by Crippen LogP contribution is 2.26. The summed E-state index contributed by atoms with van der Waals surface area (Å²) >= 11 is 3.62. The molecule has 1 aliphatic heterocycles. The lowest BCUT2D eigenvalue weighted by molar-refractivity contribution is 0.346. The Balaban J connectivity index is 1.61. The molecule has 116 valence electrons. The zero-order valence-electron chi connectivity index (χ0n) is 12.9. The van der Waals surface area contributed by atoms with Gasteiger partial charge in [0.15, 0.2) is 0 Å². The first kappa shape index (κ1) is 15.3. The van der Waals surface area contributed by atoms with Crippen LogP contribution in [-0.2, 0) is 6.54 Å². The van der Waals surface area contributed by atoms with Gasteiger partial charge in [-0.1, -0.05) is 22.0 Å². The molecule has 1 saturated heterocycles. The number of nitrogens with one attached hydrogen (secondary N) is 1. The maximum absolute atomic E-state index is 3.63. The highest BCUT2D eigenvalue weighted by atomic mass is 79.9. The molecule has 0 bridgehead atoms. The van der Waals surface area contributed by atoms with E-state index in [4.69, 9.17) is 0 Å². The number of anilines is 1. The second-order valence-electron chi connectivity index (χ2n) is 6.40. The van der Waals surface area contributed by atoms with Crippen LogP contribution in [0, 0.1) is 0 Å². The van der Waals surface area contributed by atoms with Gasteiger partial charge in [-0.15, -0.1) is 0 Å². The number of hydrogen-bond donors (Lipinski definition) is 1. The van der Waals surface area contributed by atoms with E-state index in [1.807, 2.05) is 0 Å². The molecule has 1 aromatic rings.